The summed E-state index contributed by atoms with van der Waals surface area (Å²) in [5.74, 6) is 0.316. The van der Waals surface area contributed by atoms with Gasteiger partial charge in [0.1, 0.15) is 9.84 Å². The molecular formula is C16H35NO2S. The van der Waals surface area contributed by atoms with Gasteiger partial charge in [-0.1, -0.05) is 26.7 Å². The fourth-order valence-corrected chi connectivity index (χ4v) is 3.16. The number of unbranched alkanes of at least 4 members (excludes halogenated alkanes) is 1. The Hall–Kier alpha value is -0.0900. The maximum absolute atomic E-state index is 11.3. The summed E-state index contributed by atoms with van der Waals surface area (Å²) in [7, 11) is -2.84. The number of nitrogens with one attached hydrogen (secondary N) is 1. The second kappa shape index (κ2) is 8.38. The minimum atomic E-state index is -2.84. The Balaban J connectivity index is 4.65. The van der Waals surface area contributed by atoms with Gasteiger partial charge in [-0.15, -0.1) is 0 Å². The molecule has 0 bridgehead atoms. The Morgan fingerprint density at radius 3 is 1.95 bits per heavy atom. The first-order valence-corrected chi connectivity index (χ1v) is 10.0. The lowest BCUT2D eigenvalue weighted by Crippen LogP contribution is -2.44. The van der Waals surface area contributed by atoms with E-state index < -0.39 is 9.84 Å². The van der Waals surface area contributed by atoms with E-state index in [1.54, 1.807) is 0 Å². The van der Waals surface area contributed by atoms with E-state index >= 15 is 0 Å². The summed E-state index contributed by atoms with van der Waals surface area (Å²) >= 11 is 0. The summed E-state index contributed by atoms with van der Waals surface area (Å²) in [5, 5.41) is 3.62. The third kappa shape index (κ3) is 9.76. The zero-order valence-corrected chi connectivity index (χ0v) is 15.2. The van der Waals surface area contributed by atoms with Crippen molar-refractivity contribution in [2.75, 3.05) is 18.6 Å². The fourth-order valence-electron chi connectivity index (χ4n) is 2.49. The predicted octanol–water partition coefficient (Wildman–Crippen LogP) is 3.79. The third-order valence-corrected chi connectivity index (χ3v) is 5.06. The quantitative estimate of drug-likeness (QED) is 0.668. The van der Waals surface area contributed by atoms with Crippen LogP contribution in [0.2, 0.25) is 0 Å². The number of hydrogen-bond acceptors (Lipinski definition) is 3. The van der Waals surface area contributed by atoms with Crippen LogP contribution in [-0.4, -0.2) is 32.5 Å². The smallest absolute Gasteiger partial charge is 0.147 e. The molecule has 20 heavy (non-hydrogen) atoms. The van der Waals surface area contributed by atoms with Crippen LogP contribution in [0.1, 0.15) is 73.1 Å². The molecule has 0 aromatic rings. The van der Waals surface area contributed by atoms with Crippen molar-refractivity contribution < 1.29 is 8.42 Å². The van der Waals surface area contributed by atoms with Crippen LogP contribution in [0, 0.1) is 5.41 Å². The molecule has 0 heterocycles. The van der Waals surface area contributed by atoms with Gasteiger partial charge in [-0.3, -0.25) is 0 Å². The lowest BCUT2D eigenvalue weighted by molar-refractivity contribution is 0.190. The number of sulfone groups is 1. The molecule has 0 aliphatic carbocycles. The Labute approximate surface area is 126 Å². The highest BCUT2D eigenvalue weighted by atomic mass is 32.2. The average Bonchev–Trinajstić information content (AvgIpc) is 2.30. The summed E-state index contributed by atoms with van der Waals surface area (Å²) < 4.78 is 22.6. The fraction of sp³-hybridized carbons (Fsp3) is 1.00. The van der Waals surface area contributed by atoms with Crippen LogP contribution in [0.4, 0.5) is 0 Å². The predicted molar refractivity (Wildman–Crippen MR) is 88.9 cm³/mol. The molecule has 1 unspecified atom stereocenters. The van der Waals surface area contributed by atoms with Gasteiger partial charge in [0.15, 0.2) is 0 Å². The molecule has 4 heteroatoms. The van der Waals surface area contributed by atoms with Crippen molar-refractivity contribution in [1.82, 2.24) is 5.32 Å². The molecule has 0 aromatic carbocycles. The van der Waals surface area contributed by atoms with Crippen molar-refractivity contribution in [2.45, 2.75) is 78.7 Å². The van der Waals surface area contributed by atoms with Crippen molar-refractivity contribution in [2.24, 2.45) is 5.41 Å². The lowest BCUT2D eigenvalue weighted by atomic mass is 9.76. The molecule has 3 nitrogen and oxygen atoms in total. The van der Waals surface area contributed by atoms with Crippen molar-refractivity contribution in [1.29, 1.82) is 0 Å². The zero-order valence-electron chi connectivity index (χ0n) is 14.4. The van der Waals surface area contributed by atoms with Gasteiger partial charge in [0, 0.05) is 24.1 Å². The second-order valence-corrected chi connectivity index (χ2v) is 9.55. The van der Waals surface area contributed by atoms with Crippen LogP contribution >= 0.6 is 0 Å². The van der Waals surface area contributed by atoms with Gasteiger partial charge in [0.05, 0.1) is 0 Å². The summed E-state index contributed by atoms with van der Waals surface area (Å²) in [6.45, 7) is 12.0. The van der Waals surface area contributed by atoms with E-state index in [0.29, 0.717) is 5.75 Å². The molecule has 0 aliphatic rings. The first-order chi connectivity index (χ1) is 9.04. The van der Waals surface area contributed by atoms with E-state index in [9.17, 15) is 8.42 Å². The van der Waals surface area contributed by atoms with E-state index in [2.05, 4.69) is 39.9 Å². The maximum Gasteiger partial charge on any atom is 0.147 e. The summed E-state index contributed by atoms with van der Waals surface area (Å²) in [5.41, 5.74) is 0.359. The maximum atomic E-state index is 11.3. The number of rotatable bonds is 10. The van der Waals surface area contributed by atoms with E-state index in [1.807, 2.05) is 0 Å². The van der Waals surface area contributed by atoms with E-state index in [1.165, 1.54) is 25.5 Å². The van der Waals surface area contributed by atoms with Crippen LogP contribution in [-0.2, 0) is 9.84 Å². The van der Waals surface area contributed by atoms with Gasteiger partial charge in [-0.05, 0) is 51.9 Å². The molecule has 0 amide bonds. The molecular weight excluding hydrogens is 270 g/mol. The van der Waals surface area contributed by atoms with E-state index in [4.69, 9.17) is 0 Å². The zero-order chi connectivity index (χ0) is 15.9. The minimum Gasteiger partial charge on any atom is -0.312 e. The molecule has 0 saturated carbocycles. The molecule has 0 fully saturated rings. The monoisotopic (exact) mass is 305 g/mol. The number of hydrogen-bond donors (Lipinski definition) is 1. The third-order valence-electron chi connectivity index (χ3n) is 4.03. The highest BCUT2D eigenvalue weighted by molar-refractivity contribution is 7.90. The van der Waals surface area contributed by atoms with Crippen LogP contribution in [0.15, 0.2) is 0 Å². The molecule has 0 saturated heterocycles. The minimum absolute atomic E-state index is 0.115. The van der Waals surface area contributed by atoms with Crippen molar-refractivity contribution in [3.05, 3.63) is 0 Å². The SMILES string of the molecule is CCCCC(CC)(CCCS(C)(=O)=O)CNC(C)(C)C. The summed E-state index contributed by atoms with van der Waals surface area (Å²) in [6.07, 6.45) is 7.83. The van der Waals surface area contributed by atoms with Crippen LogP contribution in [0.5, 0.6) is 0 Å². The Kier molecular flexibility index (Phi) is 8.34. The Bertz CT molecular complexity index is 357. The molecule has 0 rings (SSSR count). The van der Waals surface area contributed by atoms with E-state index in [-0.39, 0.29) is 11.0 Å². The Morgan fingerprint density at radius 1 is 1.00 bits per heavy atom. The molecule has 1 atom stereocenters. The highest BCUT2D eigenvalue weighted by Gasteiger charge is 2.28. The van der Waals surface area contributed by atoms with Crippen molar-refractivity contribution in [3.63, 3.8) is 0 Å². The van der Waals surface area contributed by atoms with Crippen molar-refractivity contribution >= 4 is 9.84 Å². The van der Waals surface area contributed by atoms with Crippen molar-refractivity contribution in [3.8, 4) is 0 Å². The van der Waals surface area contributed by atoms with Crippen LogP contribution < -0.4 is 5.32 Å². The van der Waals surface area contributed by atoms with Gasteiger partial charge >= 0.3 is 0 Å². The molecule has 1 N–H and O–H groups in total. The Morgan fingerprint density at radius 2 is 1.55 bits per heavy atom. The largest absolute Gasteiger partial charge is 0.312 e. The topological polar surface area (TPSA) is 46.2 Å². The van der Waals surface area contributed by atoms with Gasteiger partial charge < -0.3 is 5.32 Å². The lowest BCUT2D eigenvalue weighted by Gasteiger charge is -2.36. The normalized spacial score (nSPS) is 16.1. The van der Waals surface area contributed by atoms with Crippen LogP contribution in [0.25, 0.3) is 0 Å². The first kappa shape index (κ1) is 19.9. The molecule has 122 valence electrons. The average molecular weight is 306 g/mol. The summed E-state index contributed by atoms with van der Waals surface area (Å²) in [4.78, 5) is 0. The molecule has 0 aromatic heterocycles. The van der Waals surface area contributed by atoms with E-state index in [0.717, 1.165) is 25.8 Å². The molecule has 0 spiro atoms. The van der Waals surface area contributed by atoms with Gasteiger partial charge in [-0.25, -0.2) is 8.42 Å². The van der Waals surface area contributed by atoms with Crippen LogP contribution in [0.3, 0.4) is 0 Å². The first-order valence-electron chi connectivity index (χ1n) is 7.96. The van der Waals surface area contributed by atoms with Gasteiger partial charge in [-0.2, -0.15) is 0 Å². The van der Waals surface area contributed by atoms with Gasteiger partial charge in [0.25, 0.3) is 0 Å². The standard InChI is InChI=1S/C16H35NO2S/c1-7-9-11-16(8-2,14-17-15(3,4)5)12-10-13-20(6,18)19/h17H,7-14H2,1-6H3. The molecule has 0 radical (unpaired) electrons. The highest BCUT2D eigenvalue weighted by Crippen LogP contribution is 2.34. The van der Waals surface area contributed by atoms with Gasteiger partial charge in [0.2, 0.25) is 0 Å². The second-order valence-electron chi connectivity index (χ2n) is 7.29. The summed E-state index contributed by atoms with van der Waals surface area (Å²) in [6, 6.07) is 0. The molecule has 0 aliphatic heterocycles.